The standard InChI is InChI=1S/C16H22N4O2/c1-12-18-14-11-13(3-4-15(14)19(12)2)16(21)17-5-6-20-7-9-22-10-8-20/h3-4,11H,5-10H2,1-2H3,(H,17,21). The molecule has 118 valence electrons. The molecule has 6 nitrogen and oxygen atoms in total. The molecule has 1 N–H and O–H groups in total. The Morgan fingerprint density at radius 2 is 2.14 bits per heavy atom. The Balaban J connectivity index is 1.59. The highest BCUT2D eigenvalue weighted by Crippen LogP contribution is 2.16. The molecule has 2 heterocycles. The highest BCUT2D eigenvalue weighted by Gasteiger charge is 2.12. The fourth-order valence-corrected chi connectivity index (χ4v) is 2.72. The Bertz CT molecular complexity index is 674. The summed E-state index contributed by atoms with van der Waals surface area (Å²) in [7, 11) is 1.98. The lowest BCUT2D eigenvalue weighted by atomic mass is 10.2. The molecule has 0 spiro atoms. The van der Waals surface area contributed by atoms with Crippen molar-refractivity contribution in [3.05, 3.63) is 29.6 Å². The number of carbonyl (C=O) groups is 1. The first-order valence-electron chi connectivity index (χ1n) is 7.66. The van der Waals surface area contributed by atoms with E-state index in [-0.39, 0.29) is 5.91 Å². The van der Waals surface area contributed by atoms with Crippen LogP contribution in [-0.4, -0.2) is 59.8 Å². The minimum absolute atomic E-state index is 0.0431. The molecule has 1 aromatic carbocycles. The van der Waals surface area contributed by atoms with Gasteiger partial charge in [0.15, 0.2) is 0 Å². The van der Waals surface area contributed by atoms with Gasteiger partial charge in [-0.15, -0.1) is 0 Å². The number of amides is 1. The van der Waals surface area contributed by atoms with Gasteiger partial charge in [-0.05, 0) is 25.1 Å². The van der Waals surface area contributed by atoms with E-state index in [1.54, 1.807) is 0 Å². The van der Waals surface area contributed by atoms with Gasteiger partial charge in [0.05, 0.1) is 24.2 Å². The molecule has 0 saturated carbocycles. The first kappa shape index (κ1) is 15.0. The number of benzene rings is 1. The average molecular weight is 302 g/mol. The third kappa shape index (κ3) is 3.13. The van der Waals surface area contributed by atoms with Gasteiger partial charge in [-0.25, -0.2) is 4.98 Å². The maximum Gasteiger partial charge on any atom is 0.251 e. The zero-order valence-corrected chi connectivity index (χ0v) is 13.1. The predicted molar refractivity (Wildman–Crippen MR) is 85.0 cm³/mol. The van der Waals surface area contributed by atoms with E-state index in [2.05, 4.69) is 15.2 Å². The van der Waals surface area contributed by atoms with E-state index in [0.29, 0.717) is 12.1 Å². The monoisotopic (exact) mass is 302 g/mol. The van der Waals surface area contributed by atoms with E-state index < -0.39 is 0 Å². The quantitative estimate of drug-likeness (QED) is 0.913. The maximum absolute atomic E-state index is 12.2. The minimum atomic E-state index is -0.0431. The lowest BCUT2D eigenvalue weighted by molar-refractivity contribution is 0.0383. The van der Waals surface area contributed by atoms with Crippen molar-refractivity contribution in [3.8, 4) is 0 Å². The van der Waals surface area contributed by atoms with Crippen LogP contribution in [0.2, 0.25) is 0 Å². The molecule has 1 fully saturated rings. The van der Waals surface area contributed by atoms with Crippen LogP contribution in [0.5, 0.6) is 0 Å². The van der Waals surface area contributed by atoms with Crippen molar-refractivity contribution in [2.24, 2.45) is 7.05 Å². The largest absolute Gasteiger partial charge is 0.379 e. The van der Waals surface area contributed by atoms with Gasteiger partial charge in [-0.3, -0.25) is 9.69 Å². The number of morpholine rings is 1. The number of nitrogens with zero attached hydrogens (tertiary/aromatic N) is 3. The normalized spacial score (nSPS) is 16.1. The summed E-state index contributed by atoms with van der Waals surface area (Å²) in [6.07, 6.45) is 0. The van der Waals surface area contributed by atoms with Crippen molar-refractivity contribution >= 4 is 16.9 Å². The molecule has 1 amide bonds. The highest BCUT2D eigenvalue weighted by atomic mass is 16.5. The predicted octanol–water partition coefficient (Wildman–Crippen LogP) is 0.944. The fourth-order valence-electron chi connectivity index (χ4n) is 2.72. The lowest BCUT2D eigenvalue weighted by Gasteiger charge is -2.26. The van der Waals surface area contributed by atoms with Gasteiger partial charge in [0, 0.05) is 38.8 Å². The molecule has 1 saturated heterocycles. The zero-order valence-electron chi connectivity index (χ0n) is 13.1. The van der Waals surface area contributed by atoms with E-state index >= 15 is 0 Å². The first-order valence-corrected chi connectivity index (χ1v) is 7.66. The lowest BCUT2D eigenvalue weighted by Crippen LogP contribution is -2.41. The third-order valence-corrected chi connectivity index (χ3v) is 4.18. The molecule has 0 unspecified atom stereocenters. The van der Waals surface area contributed by atoms with Crippen LogP contribution in [0.3, 0.4) is 0 Å². The SMILES string of the molecule is Cc1nc2cc(C(=O)NCCN3CCOCC3)ccc2n1C. The van der Waals surface area contributed by atoms with Gasteiger partial charge in [-0.2, -0.15) is 0 Å². The van der Waals surface area contributed by atoms with E-state index in [1.165, 1.54) is 0 Å². The van der Waals surface area contributed by atoms with Crippen molar-refractivity contribution in [3.63, 3.8) is 0 Å². The first-order chi connectivity index (χ1) is 10.6. The summed E-state index contributed by atoms with van der Waals surface area (Å²) in [5.41, 5.74) is 2.57. The van der Waals surface area contributed by atoms with Crippen LogP contribution in [-0.2, 0) is 11.8 Å². The summed E-state index contributed by atoms with van der Waals surface area (Å²) in [5.74, 6) is 0.901. The molecule has 2 aromatic rings. The Morgan fingerprint density at radius 1 is 1.36 bits per heavy atom. The molecule has 6 heteroatoms. The second-order valence-corrected chi connectivity index (χ2v) is 5.63. The molecular formula is C16H22N4O2. The number of imidazole rings is 1. The molecule has 3 rings (SSSR count). The second kappa shape index (κ2) is 6.46. The third-order valence-electron chi connectivity index (χ3n) is 4.18. The number of rotatable bonds is 4. The molecule has 0 atom stereocenters. The summed E-state index contributed by atoms with van der Waals surface area (Å²) < 4.78 is 7.33. The van der Waals surface area contributed by atoms with Crippen LogP contribution >= 0.6 is 0 Å². The number of fused-ring (bicyclic) bond motifs is 1. The minimum Gasteiger partial charge on any atom is -0.379 e. The average Bonchev–Trinajstić information content (AvgIpc) is 2.82. The number of aryl methyl sites for hydroxylation is 2. The van der Waals surface area contributed by atoms with Crippen LogP contribution in [0, 0.1) is 6.92 Å². The summed E-state index contributed by atoms with van der Waals surface area (Å²) in [6.45, 7) is 6.91. The van der Waals surface area contributed by atoms with E-state index in [4.69, 9.17) is 4.74 Å². The molecule has 1 aliphatic heterocycles. The number of aromatic nitrogens is 2. The molecule has 22 heavy (non-hydrogen) atoms. The van der Waals surface area contributed by atoms with Crippen molar-refractivity contribution < 1.29 is 9.53 Å². The highest BCUT2D eigenvalue weighted by molar-refractivity contribution is 5.97. The number of carbonyl (C=O) groups excluding carboxylic acids is 1. The van der Waals surface area contributed by atoms with Gasteiger partial charge >= 0.3 is 0 Å². The Morgan fingerprint density at radius 3 is 2.91 bits per heavy atom. The topological polar surface area (TPSA) is 59.4 Å². The van der Waals surface area contributed by atoms with Crippen molar-refractivity contribution in [2.45, 2.75) is 6.92 Å². The molecule has 1 aromatic heterocycles. The van der Waals surface area contributed by atoms with Gasteiger partial charge in [0.25, 0.3) is 5.91 Å². The van der Waals surface area contributed by atoms with Gasteiger partial charge in [-0.1, -0.05) is 0 Å². The number of hydrogen-bond acceptors (Lipinski definition) is 4. The molecular weight excluding hydrogens is 280 g/mol. The summed E-state index contributed by atoms with van der Waals surface area (Å²) in [4.78, 5) is 19.0. The fraction of sp³-hybridized carbons (Fsp3) is 0.500. The van der Waals surface area contributed by atoms with Gasteiger partial charge in [0.2, 0.25) is 0 Å². The smallest absolute Gasteiger partial charge is 0.251 e. The summed E-state index contributed by atoms with van der Waals surface area (Å²) in [6, 6.07) is 5.66. The summed E-state index contributed by atoms with van der Waals surface area (Å²) in [5, 5.41) is 2.98. The Hall–Kier alpha value is -1.92. The van der Waals surface area contributed by atoms with Crippen LogP contribution in [0.25, 0.3) is 11.0 Å². The summed E-state index contributed by atoms with van der Waals surface area (Å²) >= 11 is 0. The molecule has 0 aliphatic carbocycles. The number of hydrogen-bond donors (Lipinski definition) is 1. The molecule has 1 aliphatic rings. The Labute approximate surface area is 130 Å². The zero-order chi connectivity index (χ0) is 15.5. The number of ether oxygens (including phenoxy) is 1. The van der Waals surface area contributed by atoms with Crippen LogP contribution in [0.4, 0.5) is 0 Å². The molecule has 0 bridgehead atoms. The maximum atomic E-state index is 12.2. The van der Waals surface area contributed by atoms with E-state index in [1.807, 2.05) is 36.7 Å². The van der Waals surface area contributed by atoms with Crippen LogP contribution in [0.15, 0.2) is 18.2 Å². The van der Waals surface area contributed by atoms with Crippen molar-refractivity contribution in [2.75, 3.05) is 39.4 Å². The van der Waals surface area contributed by atoms with E-state index in [0.717, 1.165) is 49.7 Å². The van der Waals surface area contributed by atoms with E-state index in [9.17, 15) is 4.79 Å². The molecule has 0 radical (unpaired) electrons. The van der Waals surface area contributed by atoms with Gasteiger partial charge < -0.3 is 14.6 Å². The Kier molecular flexibility index (Phi) is 4.40. The van der Waals surface area contributed by atoms with Crippen molar-refractivity contribution in [1.82, 2.24) is 19.8 Å². The van der Waals surface area contributed by atoms with Crippen molar-refractivity contribution in [1.29, 1.82) is 0 Å². The second-order valence-electron chi connectivity index (χ2n) is 5.63. The van der Waals surface area contributed by atoms with Crippen LogP contribution < -0.4 is 5.32 Å². The van der Waals surface area contributed by atoms with Crippen LogP contribution in [0.1, 0.15) is 16.2 Å². The van der Waals surface area contributed by atoms with Gasteiger partial charge in [0.1, 0.15) is 5.82 Å². The number of nitrogens with one attached hydrogen (secondary N) is 1.